The molecule has 0 spiro atoms. The first-order chi connectivity index (χ1) is 16.5. The van der Waals surface area contributed by atoms with Crippen molar-refractivity contribution in [3.05, 3.63) is 95.6 Å². The van der Waals surface area contributed by atoms with E-state index in [-0.39, 0.29) is 24.2 Å². The molecule has 0 N–H and O–H groups in total. The van der Waals surface area contributed by atoms with Crippen molar-refractivity contribution in [2.75, 3.05) is 26.8 Å². The highest BCUT2D eigenvalue weighted by Crippen LogP contribution is 2.15. The zero-order valence-corrected chi connectivity index (χ0v) is 19.8. The Morgan fingerprint density at radius 1 is 0.912 bits per heavy atom. The van der Waals surface area contributed by atoms with Gasteiger partial charge in [0.05, 0.1) is 13.1 Å². The van der Waals surface area contributed by atoms with Crippen LogP contribution in [0.4, 0.5) is 4.39 Å². The van der Waals surface area contributed by atoms with Gasteiger partial charge in [-0.1, -0.05) is 42.5 Å². The third-order valence-corrected chi connectivity index (χ3v) is 5.66. The van der Waals surface area contributed by atoms with Gasteiger partial charge in [0.25, 0.3) is 0 Å². The topological polar surface area (TPSA) is 54.8 Å². The van der Waals surface area contributed by atoms with E-state index in [2.05, 4.69) is 4.57 Å². The van der Waals surface area contributed by atoms with E-state index >= 15 is 0 Å². The van der Waals surface area contributed by atoms with Crippen molar-refractivity contribution in [3.8, 4) is 0 Å². The molecule has 7 heteroatoms. The molecule has 3 aromatic rings. The lowest BCUT2D eigenvalue weighted by Crippen LogP contribution is -2.42. The molecule has 6 nitrogen and oxygen atoms in total. The van der Waals surface area contributed by atoms with Crippen molar-refractivity contribution in [2.24, 2.45) is 0 Å². The molecule has 0 aliphatic heterocycles. The van der Waals surface area contributed by atoms with Gasteiger partial charge in [-0.2, -0.15) is 0 Å². The Balaban J connectivity index is 1.77. The van der Waals surface area contributed by atoms with Crippen molar-refractivity contribution < 1.29 is 18.7 Å². The number of aromatic nitrogens is 1. The van der Waals surface area contributed by atoms with Gasteiger partial charge >= 0.3 is 0 Å². The smallest absolute Gasteiger partial charge is 0.242 e. The molecule has 2 amide bonds. The number of carbonyl (C=O) groups is 2. The van der Waals surface area contributed by atoms with E-state index < -0.39 is 0 Å². The largest absolute Gasteiger partial charge is 0.385 e. The van der Waals surface area contributed by atoms with Gasteiger partial charge in [-0.15, -0.1) is 0 Å². The average Bonchev–Trinajstić information content (AvgIpc) is 3.26. The number of nitrogens with zero attached hydrogens (tertiary/aromatic N) is 3. The lowest BCUT2D eigenvalue weighted by atomic mass is 10.2. The highest BCUT2D eigenvalue weighted by molar-refractivity contribution is 5.83. The fraction of sp³-hybridized carbons (Fsp3) is 0.333. The number of ether oxygens (including phenoxy) is 1. The summed E-state index contributed by atoms with van der Waals surface area (Å²) < 4.78 is 20.4. The van der Waals surface area contributed by atoms with Crippen molar-refractivity contribution in [3.63, 3.8) is 0 Å². The molecule has 0 atom stereocenters. The summed E-state index contributed by atoms with van der Waals surface area (Å²) in [4.78, 5) is 28.9. The molecule has 1 heterocycles. The molecule has 0 unspecified atom stereocenters. The molecular weight excluding hydrogens is 433 g/mol. The summed E-state index contributed by atoms with van der Waals surface area (Å²) in [6.45, 7) is 3.90. The summed E-state index contributed by atoms with van der Waals surface area (Å²) in [5, 5.41) is 0. The predicted molar refractivity (Wildman–Crippen MR) is 129 cm³/mol. The SMILES string of the molecule is COCCCN(CC(=O)N(Cc1ccccc1)Cc1cccn1Cc1ccc(F)cc1)C(C)=O. The minimum atomic E-state index is -0.267. The maximum atomic E-state index is 13.4. The molecular formula is C27H32FN3O3. The number of hydrogen-bond acceptors (Lipinski definition) is 3. The maximum Gasteiger partial charge on any atom is 0.242 e. The number of carbonyl (C=O) groups excluding carboxylic acids is 2. The molecule has 180 valence electrons. The van der Waals surface area contributed by atoms with Gasteiger partial charge in [-0.25, -0.2) is 4.39 Å². The molecule has 3 rings (SSSR count). The summed E-state index contributed by atoms with van der Waals surface area (Å²) in [5.74, 6) is -0.522. The van der Waals surface area contributed by atoms with Crippen LogP contribution in [0, 0.1) is 5.82 Å². The fourth-order valence-electron chi connectivity index (χ4n) is 3.78. The molecule has 0 aliphatic carbocycles. The lowest BCUT2D eigenvalue weighted by Gasteiger charge is -2.28. The first-order valence-electron chi connectivity index (χ1n) is 11.4. The van der Waals surface area contributed by atoms with Crippen LogP contribution in [0.25, 0.3) is 0 Å². The fourth-order valence-corrected chi connectivity index (χ4v) is 3.78. The highest BCUT2D eigenvalue weighted by atomic mass is 19.1. The number of amides is 2. The van der Waals surface area contributed by atoms with Gasteiger partial charge in [0, 0.05) is 52.2 Å². The Bertz CT molecular complexity index is 1050. The summed E-state index contributed by atoms with van der Waals surface area (Å²) in [5.41, 5.74) is 2.95. The van der Waals surface area contributed by atoms with Gasteiger partial charge in [-0.05, 0) is 41.8 Å². The van der Waals surface area contributed by atoms with Crippen molar-refractivity contribution in [1.82, 2.24) is 14.4 Å². The van der Waals surface area contributed by atoms with E-state index in [1.165, 1.54) is 19.1 Å². The Hall–Kier alpha value is -3.45. The zero-order chi connectivity index (χ0) is 24.3. The van der Waals surface area contributed by atoms with Crippen LogP contribution in [0.3, 0.4) is 0 Å². The minimum Gasteiger partial charge on any atom is -0.385 e. The normalized spacial score (nSPS) is 10.8. The second-order valence-corrected chi connectivity index (χ2v) is 8.28. The van der Waals surface area contributed by atoms with Crippen LogP contribution >= 0.6 is 0 Å². The lowest BCUT2D eigenvalue weighted by molar-refractivity contribution is -0.140. The molecule has 0 saturated heterocycles. The van der Waals surface area contributed by atoms with E-state index in [4.69, 9.17) is 4.74 Å². The van der Waals surface area contributed by atoms with Gasteiger partial charge < -0.3 is 19.1 Å². The number of methoxy groups -OCH3 is 1. The Kier molecular flexibility index (Phi) is 9.40. The third-order valence-electron chi connectivity index (χ3n) is 5.66. The van der Waals surface area contributed by atoms with Crippen LogP contribution in [0.15, 0.2) is 72.9 Å². The number of benzene rings is 2. The summed E-state index contributed by atoms with van der Waals surface area (Å²) in [7, 11) is 1.62. The van der Waals surface area contributed by atoms with Crippen LogP contribution in [0.1, 0.15) is 30.2 Å². The second kappa shape index (κ2) is 12.7. The van der Waals surface area contributed by atoms with Crippen molar-refractivity contribution in [2.45, 2.75) is 33.0 Å². The van der Waals surface area contributed by atoms with E-state index in [0.717, 1.165) is 16.8 Å². The van der Waals surface area contributed by atoms with Crippen LogP contribution < -0.4 is 0 Å². The van der Waals surface area contributed by atoms with E-state index in [9.17, 15) is 14.0 Å². The summed E-state index contributed by atoms with van der Waals surface area (Å²) in [6.07, 6.45) is 2.62. The van der Waals surface area contributed by atoms with Crippen molar-refractivity contribution >= 4 is 11.8 Å². The molecule has 0 aliphatic rings. The monoisotopic (exact) mass is 465 g/mol. The highest BCUT2D eigenvalue weighted by Gasteiger charge is 2.21. The molecule has 0 saturated carbocycles. The molecule has 0 fully saturated rings. The molecule has 0 bridgehead atoms. The Morgan fingerprint density at radius 3 is 2.32 bits per heavy atom. The third kappa shape index (κ3) is 7.56. The quantitative estimate of drug-likeness (QED) is 0.379. The van der Waals surface area contributed by atoms with Crippen LogP contribution in [0.5, 0.6) is 0 Å². The first kappa shape index (κ1) is 25.2. The summed E-state index contributed by atoms with van der Waals surface area (Å²) >= 11 is 0. The maximum absolute atomic E-state index is 13.4. The Labute approximate surface area is 200 Å². The van der Waals surface area contributed by atoms with Gasteiger partial charge in [0.15, 0.2) is 0 Å². The van der Waals surface area contributed by atoms with Gasteiger partial charge in [0.2, 0.25) is 11.8 Å². The number of halogens is 1. The van der Waals surface area contributed by atoms with E-state index in [1.807, 2.05) is 48.7 Å². The Morgan fingerprint density at radius 2 is 1.65 bits per heavy atom. The standard InChI is InChI=1S/C27H32FN3O3/c1-22(32)29(16-7-17-34-2)21-27(33)31(19-23-8-4-3-5-9-23)20-26-10-6-15-30(26)18-24-11-13-25(28)14-12-24/h3-6,8-15H,7,16-21H2,1-2H3. The first-order valence-corrected chi connectivity index (χ1v) is 11.4. The zero-order valence-electron chi connectivity index (χ0n) is 19.8. The van der Waals surface area contributed by atoms with Crippen molar-refractivity contribution in [1.29, 1.82) is 0 Å². The number of rotatable bonds is 12. The van der Waals surface area contributed by atoms with Gasteiger partial charge in [0.1, 0.15) is 5.82 Å². The molecule has 0 radical (unpaired) electrons. The van der Waals surface area contributed by atoms with Crippen LogP contribution in [0.2, 0.25) is 0 Å². The molecule has 1 aromatic heterocycles. The number of hydrogen-bond donors (Lipinski definition) is 0. The predicted octanol–water partition coefficient (Wildman–Crippen LogP) is 4.09. The molecule has 34 heavy (non-hydrogen) atoms. The summed E-state index contributed by atoms with van der Waals surface area (Å²) in [6, 6.07) is 20.1. The van der Waals surface area contributed by atoms with Gasteiger partial charge in [-0.3, -0.25) is 9.59 Å². The minimum absolute atomic E-state index is 0.0184. The average molecular weight is 466 g/mol. The van der Waals surface area contributed by atoms with Crippen LogP contribution in [-0.2, 0) is 34.0 Å². The van der Waals surface area contributed by atoms with Crippen LogP contribution in [-0.4, -0.2) is 53.0 Å². The van der Waals surface area contributed by atoms with E-state index in [0.29, 0.717) is 39.2 Å². The molecule has 2 aromatic carbocycles. The second-order valence-electron chi connectivity index (χ2n) is 8.28. The van der Waals surface area contributed by atoms with E-state index in [1.54, 1.807) is 29.0 Å².